The van der Waals surface area contributed by atoms with Gasteiger partial charge in [-0.05, 0) is 55.8 Å². The smallest absolute Gasteiger partial charge is 0.203 e. The SMILES string of the molecule is CC1(C)C=Cc2c(ccc(CO)c2OCC(=O)c2ccc(F)cc2OCc2ccccc2)O1. The average molecular weight is 448 g/mol. The Kier molecular flexibility index (Phi) is 6.47. The highest BCUT2D eigenvalue weighted by molar-refractivity contribution is 5.99. The number of carbonyl (C=O) groups excluding carboxylic acids is 1. The molecule has 0 saturated carbocycles. The predicted molar refractivity (Wildman–Crippen MR) is 123 cm³/mol. The fourth-order valence-corrected chi connectivity index (χ4v) is 3.57. The topological polar surface area (TPSA) is 65.0 Å². The summed E-state index contributed by atoms with van der Waals surface area (Å²) in [4.78, 5) is 13.0. The highest BCUT2D eigenvalue weighted by atomic mass is 19.1. The number of halogens is 1. The molecule has 0 unspecified atom stereocenters. The number of fused-ring (bicyclic) bond motifs is 1. The second-order valence-electron chi connectivity index (χ2n) is 8.29. The van der Waals surface area contributed by atoms with Crippen LogP contribution in [0.3, 0.4) is 0 Å². The highest BCUT2D eigenvalue weighted by Crippen LogP contribution is 2.39. The van der Waals surface area contributed by atoms with Crippen LogP contribution < -0.4 is 14.2 Å². The maximum Gasteiger partial charge on any atom is 0.203 e. The third-order valence-electron chi connectivity index (χ3n) is 5.26. The van der Waals surface area contributed by atoms with Gasteiger partial charge in [0.2, 0.25) is 5.78 Å². The second-order valence-corrected chi connectivity index (χ2v) is 8.29. The molecule has 1 aliphatic heterocycles. The van der Waals surface area contributed by atoms with E-state index in [1.807, 2.05) is 56.3 Å². The quantitative estimate of drug-likeness (QED) is 0.471. The van der Waals surface area contributed by atoms with Gasteiger partial charge in [-0.1, -0.05) is 30.3 Å². The first-order valence-corrected chi connectivity index (χ1v) is 10.6. The first-order valence-electron chi connectivity index (χ1n) is 10.6. The van der Waals surface area contributed by atoms with E-state index >= 15 is 0 Å². The molecule has 170 valence electrons. The molecule has 3 aromatic rings. The second kappa shape index (κ2) is 9.46. The van der Waals surface area contributed by atoms with Crippen LogP contribution in [-0.2, 0) is 13.2 Å². The van der Waals surface area contributed by atoms with Crippen LogP contribution in [0.25, 0.3) is 6.08 Å². The molecule has 4 rings (SSSR count). The van der Waals surface area contributed by atoms with Gasteiger partial charge in [-0.15, -0.1) is 0 Å². The number of aliphatic hydroxyl groups is 1. The Balaban J connectivity index is 1.54. The Labute approximate surface area is 192 Å². The third-order valence-corrected chi connectivity index (χ3v) is 5.26. The minimum atomic E-state index is -0.500. The zero-order valence-corrected chi connectivity index (χ0v) is 18.5. The molecule has 1 heterocycles. The summed E-state index contributed by atoms with van der Waals surface area (Å²) < 4.78 is 31.4. The van der Waals surface area contributed by atoms with E-state index in [0.717, 1.165) is 5.56 Å². The summed E-state index contributed by atoms with van der Waals surface area (Å²) in [6, 6.07) is 16.7. The van der Waals surface area contributed by atoms with Crippen molar-refractivity contribution in [1.29, 1.82) is 0 Å². The van der Waals surface area contributed by atoms with Gasteiger partial charge in [-0.3, -0.25) is 4.79 Å². The van der Waals surface area contributed by atoms with Gasteiger partial charge < -0.3 is 19.3 Å². The van der Waals surface area contributed by atoms with Crippen molar-refractivity contribution in [2.75, 3.05) is 6.61 Å². The van der Waals surface area contributed by atoms with Crippen LogP contribution in [0.15, 0.2) is 66.7 Å². The Hall–Kier alpha value is -3.64. The van der Waals surface area contributed by atoms with E-state index in [4.69, 9.17) is 14.2 Å². The minimum Gasteiger partial charge on any atom is -0.488 e. The molecule has 5 nitrogen and oxygen atoms in total. The molecule has 0 bridgehead atoms. The van der Waals surface area contributed by atoms with E-state index in [-0.39, 0.29) is 36.9 Å². The van der Waals surface area contributed by atoms with Crippen LogP contribution in [-0.4, -0.2) is 23.1 Å². The van der Waals surface area contributed by atoms with Crippen LogP contribution >= 0.6 is 0 Å². The number of hydrogen-bond donors (Lipinski definition) is 1. The molecule has 1 aliphatic rings. The molecular formula is C27H25FO5. The van der Waals surface area contributed by atoms with E-state index in [0.29, 0.717) is 22.6 Å². The highest BCUT2D eigenvalue weighted by Gasteiger charge is 2.25. The first kappa shape index (κ1) is 22.6. The minimum absolute atomic E-state index is 0.148. The number of benzene rings is 3. The monoisotopic (exact) mass is 448 g/mol. The molecule has 0 aromatic heterocycles. The van der Waals surface area contributed by atoms with Crippen molar-refractivity contribution in [3.8, 4) is 17.2 Å². The van der Waals surface area contributed by atoms with Gasteiger partial charge in [0.05, 0.1) is 17.7 Å². The molecule has 0 amide bonds. The Morgan fingerprint density at radius 1 is 1.06 bits per heavy atom. The average Bonchev–Trinajstić information content (AvgIpc) is 2.81. The van der Waals surface area contributed by atoms with Gasteiger partial charge in [0.15, 0.2) is 6.61 Å². The number of ether oxygens (including phenoxy) is 3. The number of hydrogen-bond acceptors (Lipinski definition) is 5. The number of ketones is 1. The van der Waals surface area contributed by atoms with Gasteiger partial charge in [0, 0.05) is 11.6 Å². The van der Waals surface area contributed by atoms with E-state index < -0.39 is 11.4 Å². The molecule has 1 N–H and O–H groups in total. The predicted octanol–water partition coefficient (Wildman–Crippen LogP) is 5.34. The van der Waals surface area contributed by atoms with Crippen molar-refractivity contribution >= 4 is 11.9 Å². The summed E-state index contributed by atoms with van der Waals surface area (Å²) in [6.07, 6.45) is 3.75. The summed E-state index contributed by atoms with van der Waals surface area (Å²) in [5, 5.41) is 9.77. The van der Waals surface area contributed by atoms with Gasteiger partial charge in [-0.2, -0.15) is 0 Å². The molecule has 0 radical (unpaired) electrons. The largest absolute Gasteiger partial charge is 0.488 e. The van der Waals surface area contributed by atoms with Crippen molar-refractivity contribution in [2.45, 2.75) is 32.7 Å². The molecule has 0 spiro atoms. The molecule has 0 aliphatic carbocycles. The van der Waals surface area contributed by atoms with Crippen LogP contribution in [0.2, 0.25) is 0 Å². The summed E-state index contributed by atoms with van der Waals surface area (Å²) in [6.45, 7) is 3.50. The van der Waals surface area contributed by atoms with Gasteiger partial charge >= 0.3 is 0 Å². The molecule has 3 aromatic carbocycles. The fourth-order valence-electron chi connectivity index (χ4n) is 3.57. The van der Waals surface area contributed by atoms with Crippen molar-refractivity contribution < 1.29 is 28.5 Å². The van der Waals surface area contributed by atoms with Gasteiger partial charge in [0.25, 0.3) is 0 Å². The normalized spacial score (nSPS) is 13.7. The number of rotatable bonds is 8. The Morgan fingerprint density at radius 2 is 1.85 bits per heavy atom. The van der Waals surface area contributed by atoms with Crippen molar-refractivity contribution in [2.24, 2.45) is 0 Å². The first-order chi connectivity index (χ1) is 15.9. The van der Waals surface area contributed by atoms with Crippen molar-refractivity contribution in [1.82, 2.24) is 0 Å². The van der Waals surface area contributed by atoms with Gasteiger partial charge in [-0.25, -0.2) is 4.39 Å². The Bertz CT molecular complexity index is 1180. The summed E-state index contributed by atoms with van der Waals surface area (Å²) in [5.74, 6) is 0.260. The zero-order chi connectivity index (χ0) is 23.4. The van der Waals surface area contributed by atoms with Gasteiger partial charge in [0.1, 0.15) is 35.3 Å². The van der Waals surface area contributed by atoms with E-state index in [1.54, 1.807) is 12.1 Å². The van der Waals surface area contributed by atoms with Crippen LogP contribution in [0.1, 0.15) is 40.9 Å². The number of Topliss-reactive ketones (excluding diaryl/α,β-unsaturated/α-hetero) is 1. The molecule has 0 saturated heterocycles. The molecule has 6 heteroatoms. The van der Waals surface area contributed by atoms with Crippen LogP contribution in [0.5, 0.6) is 17.2 Å². The molecule has 0 fully saturated rings. The lowest BCUT2D eigenvalue weighted by Gasteiger charge is -2.29. The lowest BCUT2D eigenvalue weighted by atomic mass is 9.99. The summed E-state index contributed by atoms with van der Waals surface area (Å²) in [5.41, 5.74) is 1.84. The van der Waals surface area contributed by atoms with Crippen molar-refractivity contribution in [3.05, 3.63) is 94.8 Å². The lowest BCUT2D eigenvalue weighted by Crippen LogP contribution is -2.27. The molecule has 0 atom stereocenters. The molecule has 33 heavy (non-hydrogen) atoms. The lowest BCUT2D eigenvalue weighted by molar-refractivity contribution is 0.0913. The number of carbonyl (C=O) groups is 1. The Morgan fingerprint density at radius 3 is 2.61 bits per heavy atom. The molecular weight excluding hydrogens is 423 g/mol. The summed E-state index contributed by atoms with van der Waals surface area (Å²) >= 11 is 0. The third kappa shape index (κ3) is 5.23. The zero-order valence-electron chi connectivity index (χ0n) is 18.5. The van der Waals surface area contributed by atoms with E-state index in [1.165, 1.54) is 18.2 Å². The van der Waals surface area contributed by atoms with E-state index in [9.17, 15) is 14.3 Å². The summed E-state index contributed by atoms with van der Waals surface area (Å²) in [7, 11) is 0. The maximum atomic E-state index is 13.9. The standard InChI is InChI=1S/C27H25FO5/c1-27(2)13-12-22-24(33-27)11-8-19(15-29)26(22)32-17-23(30)21-10-9-20(28)14-25(21)31-16-18-6-4-3-5-7-18/h3-14,29H,15-17H2,1-2H3. The van der Waals surface area contributed by atoms with E-state index in [2.05, 4.69) is 0 Å². The number of aliphatic hydroxyl groups excluding tert-OH is 1. The van der Waals surface area contributed by atoms with Crippen LogP contribution in [0.4, 0.5) is 4.39 Å². The van der Waals surface area contributed by atoms with Crippen LogP contribution in [0, 0.1) is 5.82 Å². The van der Waals surface area contributed by atoms with Crippen molar-refractivity contribution in [3.63, 3.8) is 0 Å². The fraction of sp³-hybridized carbons (Fsp3) is 0.222. The maximum absolute atomic E-state index is 13.9.